The van der Waals surface area contributed by atoms with E-state index in [0.717, 1.165) is 29.8 Å². The van der Waals surface area contributed by atoms with Crippen LogP contribution in [0.1, 0.15) is 18.4 Å². The Morgan fingerprint density at radius 2 is 2.09 bits per heavy atom. The first kappa shape index (κ1) is 16.1. The van der Waals surface area contributed by atoms with Crippen molar-refractivity contribution in [2.24, 2.45) is 11.7 Å². The zero-order chi connectivity index (χ0) is 16.3. The van der Waals surface area contributed by atoms with Crippen LogP contribution in [0, 0.1) is 12.8 Å². The van der Waals surface area contributed by atoms with Crippen molar-refractivity contribution in [1.82, 2.24) is 4.90 Å². The second-order valence-corrected chi connectivity index (χ2v) is 5.96. The molecular formula is C16H24N4O2. The lowest BCUT2D eigenvalue weighted by molar-refractivity contribution is -0.123. The van der Waals surface area contributed by atoms with E-state index >= 15 is 0 Å². The zero-order valence-corrected chi connectivity index (χ0v) is 13.4. The Morgan fingerprint density at radius 1 is 1.36 bits per heavy atom. The normalized spacial score (nSPS) is 18.0. The van der Waals surface area contributed by atoms with Crippen LogP contribution in [0.3, 0.4) is 0 Å². The largest absolute Gasteiger partial charge is 0.377 e. The summed E-state index contributed by atoms with van der Waals surface area (Å²) in [6.45, 7) is 3.03. The number of likely N-dealkylation sites (tertiary alicyclic amines) is 1. The van der Waals surface area contributed by atoms with Crippen LogP contribution in [-0.2, 0) is 4.79 Å². The van der Waals surface area contributed by atoms with Crippen molar-refractivity contribution in [3.63, 3.8) is 0 Å². The second kappa shape index (κ2) is 6.68. The lowest BCUT2D eigenvalue weighted by Gasteiger charge is -2.31. The molecule has 1 atom stereocenters. The number of carbonyl (C=O) groups excluding carboxylic acids is 2. The van der Waals surface area contributed by atoms with Crippen LogP contribution in [-0.4, -0.2) is 44.0 Å². The van der Waals surface area contributed by atoms with Gasteiger partial charge in [0, 0.05) is 38.6 Å². The van der Waals surface area contributed by atoms with E-state index in [4.69, 9.17) is 5.73 Å². The Morgan fingerprint density at radius 3 is 2.73 bits per heavy atom. The Hall–Kier alpha value is -2.24. The van der Waals surface area contributed by atoms with Crippen LogP contribution < -0.4 is 16.0 Å². The van der Waals surface area contributed by atoms with Crippen LogP contribution in [0.2, 0.25) is 0 Å². The Labute approximate surface area is 131 Å². The number of piperidine rings is 1. The second-order valence-electron chi connectivity index (χ2n) is 5.96. The number of rotatable bonds is 3. The molecule has 3 amide bonds. The van der Waals surface area contributed by atoms with Crippen molar-refractivity contribution < 1.29 is 9.59 Å². The molecule has 1 saturated heterocycles. The molecule has 1 unspecified atom stereocenters. The van der Waals surface area contributed by atoms with E-state index in [0.29, 0.717) is 13.1 Å². The van der Waals surface area contributed by atoms with E-state index in [9.17, 15) is 9.59 Å². The van der Waals surface area contributed by atoms with Gasteiger partial charge in [0.05, 0.1) is 5.92 Å². The van der Waals surface area contributed by atoms with E-state index in [2.05, 4.69) is 5.32 Å². The summed E-state index contributed by atoms with van der Waals surface area (Å²) in [5.74, 6) is -0.572. The summed E-state index contributed by atoms with van der Waals surface area (Å²) in [5.41, 5.74) is 8.23. The van der Waals surface area contributed by atoms with Crippen molar-refractivity contribution in [2.75, 3.05) is 37.4 Å². The number of anilines is 2. The summed E-state index contributed by atoms with van der Waals surface area (Å²) in [5, 5.41) is 2.94. The fourth-order valence-electron chi connectivity index (χ4n) is 2.83. The fraction of sp³-hybridized carbons (Fsp3) is 0.500. The van der Waals surface area contributed by atoms with E-state index in [-0.39, 0.29) is 17.9 Å². The third-order valence-electron chi connectivity index (χ3n) is 4.14. The molecule has 0 aliphatic carbocycles. The smallest absolute Gasteiger partial charge is 0.321 e. The molecule has 3 N–H and O–H groups in total. The highest BCUT2D eigenvalue weighted by molar-refractivity contribution is 5.91. The van der Waals surface area contributed by atoms with Gasteiger partial charge in [0.25, 0.3) is 0 Å². The number of nitrogens with zero attached hydrogens (tertiary/aromatic N) is 2. The topological polar surface area (TPSA) is 78.7 Å². The molecule has 1 aliphatic rings. The van der Waals surface area contributed by atoms with Gasteiger partial charge in [0.2, 0.25) is 5.91 Å². The predicted molar refractivity (Wildman–Crippen MR) is 88.0 cm³/mol. The van der Waals surface area contributed by atoms with Gasteiger partial charge in [-0.1, -0.05) is 6.07 Å². The Bertz CT molecular complexity index is 571. The van der Waals surface area contributed by atoms with E-state index in [1.807, 2.05) is 44.1 Å². The van der Waals surface area contributed by atoms with Gasteiger partial charge in [-0.15, -0.1) is 0 Å². The molecule has 120 valence electrons. The zero-order valence-electron chi connectivity index (χ0n) is 13.4. The first-order chi connectivity index (χ1) is 10.4. The molecule has 1 aromatic carbocycles. The number of carbonyl (C=O) groups is 2. The van der Waals surface area contributed by atoms with Crippen molar-refractivity contribution >= 4 is 23.3 Å². The average Bonchev–Trinajstić information content (AvgIpc) is 2.49. The summed E-state index contributed by atoms with van der Waals surface area (Å²) >= 11 is 0. The first-order valence-electron chi connectivity index (χ1n) is 7.52. The molecule has 0 aromatic heterocycles. The summed E-state index contributed by atoms with van der Waals surface area (Å²) < 4.78 is 0. The van der Waals surface area contributed by atoms with Gasteiger partial charge in [-0.2, -0.15) is 0 Å². The summed E-state index contributed by atoms with van der Waals surface area (Å²) in [6.07, 6.45) is 1.56. The number of primary amides is 1. The van der Waals surface area contributed by atoms with Crippen LogP contribution in [0.25, 0.3) is 0 Å². The first-order valence-corrected chi connectivity index (χ1v) is 7.52. The maximum atomic E-state index is 12.4. The molecule has 1 aromatic rings. The predicted octanol–water partition coefficient (Wildman–Crippen LogP) is 1.79. The molecule has 0 spiro atoms. The molecule has 0 bridgehead atoms. The number of benzene rings is 1. The molecule has 2 rings (SSSR count). The molecule has 1 aliphatic heterocycles. The van der Waals surface area contributed by atoms with Gasteiger partial charge < -0.3 is 20.9 Å². The summed E-state index contributed by atoms with van der Waals surface area (Å²) in [4.78, 5) is 27.4. The lowest BCUT2D eigenvalue weighted by atomic mass is 9.98. The number of hydrogen-bond donors (Lipinski definition) is 2. The standard InChI is InChI=1S/C16H24N4O2/c1-11-13(7-4-8-14(11)19(2)3)18-16(22)20-9-5-6-12(10-20)15(17)21/h4,7-8,12H,5-6,9-10H2,1-3H3,(H2,17,21)(H,18,22). The van der Waals surface area contributed by atoms with Gasteiger partial charge in [-0.3, -0.25) is 4.79 Å². The molecular weight excluding hydrogens is 280 g/mol. The van der Waals surface area contributed by atoms with Crippen molar-refractivity contribution in [2.45, 2.75) is 19.8 Å². The molecule has 0 saturated carbocycles. The minimum atomic E-state index is -0.330. The van der Waals surface area contributed by atoms with Gasteiger partial charge in [-0.25, -0.2) is 4.79 Å². The fourth-order valence-corrected chi connectivity index (χ4v) is 2.83. The van der Waals surface area contributed by atoms with Crippen LogP contribution >= 0.6 is 0 Å². The minimum Gasteiger partial charge on any atom is -0.377 e. The maximum absolute atomic E-state index is 12.4. The van der Waals surface area contributed by atoms with E-state index in [1.165, 1.54) is 0 Å². The average molecular weight is 304 g/mol. The van der Waals surface area contributed by atoms with E-state index in [1.54, 1.807) is 4.90 Å². The van der Waals surface area contributed by atoms with E-state index < -0.39 is 0 Å². The van der Waals surface area contributed by atoms with Crippen LogP contribution in [0.5, 0.6) is 0 Å². The van der Waals surface area contributed by atoms with Crippen molar-refractivity contribution in [3.8, 4) is 0 Å². The summed E-state index contributed by atoms with van der Waals surface area (Å²) in [6, 6.07) is 5.63. The third kappa shape index (κ3) is 3.50. The molecule has 0 radical (unpaired) electrons. The summed E-state index contributed by atoms with van der Waals surface area (Å²) in [7, 11) is 3.94. The highest BCUT2D eigenvalue weighted by Gasteiger charge is 2.27. The number of nitrogens with two attached hydrogens (primary N) is 1. The highest BCUT2D eigenvalue weighted by atomic mass is 16.2. The number of nitrogens with one attached hydrogen (secondary N) is 1. The quantitative estimate of drug-likeness (QED) is 0.893. The highest BCUT2D eigenvalue weighted by Crippen LogP contribution is 2.26. The van der Waals surface area contributed by atoms with Gasteiger partial charge >= 0.3 is 6.03 Å². The van der Waals surface area contributed by atoms with Gasteiger partial charge in [0.15, 0.2) is 0 Å². The Kier molecular flexibility index (Phi) is 4.90. The third-order valence-corrected chi connectivity index (χ3v) is 4.14. The molecule has 22 heavy (non-hydrogen) atoms. The van der Waals surface area contributed by atoms with Crippen LogP contribution in [0.4, 0.5) is 16.2 Å². The minimum absolute atomic E-state index is 0.176. The van der Waals surface area contributed by atoms with Gasteiger partial charge in [-0.05, 0) is 37.5 Å². The molecule has 1 fully saturated rings. The lowest BCUT2D eigenvalue weighted by Crippen LogP contribution is -2.45. The van der Waals surface area contributed by atoms with Gasteiger partial charge in [0.1, 0.15) is 0 Å². The Balaban J connectivity index is 2.09. The monoisotopic (exact) mass is 304 g/mol. The van der Waals surface area contributed by atoms with Crippen LogP contribution in [0.15, 0.2) is 18.2 Å². The van der Waals surface area contributed by atoms with Crippen molar-refractivity contribution in [1.29, 1.82) is 0 Å². The SMILES string of the molecule is Cc1c(NC(=O)N2CCCC(C(N)=O)C2)cccc1N(C)C. The van der Waals surface area contributed by atoms with Crippen molar-refractivity contribution in [3.05, 3.63) is 23.8 Å². The maximum Gasteiger partial charge on any atom is 0.321 e. The number of amides is 3. The molecule has 6 heteroatoms. The molecule has 1 heterocycles. The number of urea groups is 1. The number of hydrogen-bond acceptors (Lipinski definition) is 3. The molecule has 6 nitrogen and oxygen atoms in total.